The molecule has 2 atom stereocenters. The van der Waals surface area contributed by atoms with Gasteiger partial charge in [0.05, 0.1) is 33.0 Å². The van der Waals surface area contributed by atoms with Crippen molar-refractivity contribution >= 4 is 41.3 Å². The molecule has 0 saturated heterocycles. The zero-order valence-electron chi connectivity index (χ0n) is 33.9. The summed E-state index contributed by atoms with van der Waals surface area (Å²) in [6, 6.07) is 14.1. The number of ether oxygens (including phenoxy) is 2. The highest BCUT2D eigenvalue weighted by molar-refractivity contribution is 6.05. The number of carbonyl (C=O) groups is 4. The Hall–Kier alpha value is -5.83. The van der Waals surface area contributed by atoms with Gasteiger partial charge in [-0.1, -0.05) is 24.3 Å². The monoisotopic (exact) mass is 804 g/mol. The molecule has 6 rings (SSSR count). The van der Waals surface area contributed by atoms with Gasteiger partial charge in [0.25, 0.3) is 11.8 Å². The number of aliphatic hydroxyl groups excluding tert-OH is 2. The summed E-state index contributed by atoms with van der Waals surface area (Å²) in [4.78, 5) is 64.8. The number of hydrogen-bond donors (Lipinski definition) is 5. The van der Waals surface area contributed by atoms with Crippen LogP contribution in [0.4, 0.5) is 11.4 Å². The van der Waals surface area contributed by atoms with Gasteiger partial charge in [0.15, 0.2) is 0 Å². The van der Waals surface area contributed by atoms with Crippen LogP contribution in [0.25, 0.3) is 11.1 Å². The molecule has 2 aliphatic carbocycles. The summed E-state index contributed by atoms with van der Waals surface area (Å²) < 4.78 is 10.0. The summed E-state index contributed by atoms with van der Waals surface area (Å²) in [5.41, 5.74) is 8.94. The first-order valence-electron chi connectivity index (χ1n) is 20.1. The van der Waals surface area contributed by atoms with Crippen LogP contribution in [0, 0.1) is 19.8 Å². The van der Waals surface area contributed by atoms with Crippen molar-refractivity contribution in [1.82, 2.24) is 15.3 Å². The first-order chi connectivity index (χ1) is 28.6. The predicted octanol–water partition coefficient (Wildman–Crippen LogP) is 5.78. The van der Waals surface area contributed by atoms with Gasteiger partial charge in [-0.05, 0) is 134 Å². The summed E-state index contributed by atoms with van der Waals surface area (Å²) in [5, 5.41) is 28.4. The minimum absolute atomic E-state index is 0.214. The SMILES string of the molecule is CCOC(=O)C(/C=N/Cc1cnc(C(=O)Nc2cccc(-c3cccc(NC(=O)c4cc(C5CC5)c(CN[C@@H](CO)C(=O)OCC)cn4)c3C)c2C)cc1C1CC1)CO. The van der Waals surface area contributed by atoms with Crippen LogP contribution in [0.3, 0.4) is 0 Å². The number of carbonyl (C=O) groups excluding carboxylic acids is 4. The van der Waals surface area contributed by atoms with Crippen molar-refractivity contribution in [2.75, 3.05) is 37.1 Å². The molecular weight excluding hydrogens is 753 g/mol. The van der Waals surface area contributed by atoms with E-state index >= 15 is 0 Å². The van der Waals surface area contributed by atoms with E-state index in [4.69, 9.17) is 9.47 Å². The maximum Gasteiger partial charge on any atom is 0.325 e. The summed E-state index contributed by atoms with van der Waals surface area (Å²) >= 11 is 0. The summed E-state index contributed by atoms with van der Waals surface area (Å²) in [6.45, 7) is 7.46. The molecule has 5 N–H and O–H groups in total. The van der Waals surface area contributed by atoms with E-state index in [9.17, 15) is 29.4 Å². The number of esters is 2. The fourth-order valence-corrected chi connectivity index (χ4v) is 6.98. The molecule has 2 heterocycles. The van der Waals surface area contributed by atoms with Crippen molar-refractivity contribution < 1.29 is 38.9 Å². The third kappa shape index (κ3) is 10.6. The number of benzene rings is 2. The fourth-order valence-electron chi connectivity index (χ4n) is 6.98. The number of aliphatic hydroxyl groups is 2. The highest BCUT2D eigenvalue weighted by Gasteiger charge is 2.30. The lowest BCUT2D eigenvalue weighted by Crippen LogP contribution is -2.40. The topological polar surface area (TPSA) is 201 Å². The molecular formula is C45H52N6O8. The number of nitrogens with zero attached hydrogens (tertiary/aromatic N) is 3. The molecule has 4 aromatic rings. The normalized spacial score (nSPS) is 14.7. The van der Waals surface area contributed by atoms with Gasteiger partial charge in [-0.2, -0.15) is 0 Å². The molecule has 14 nitrogen and oxygen atoms in total. The first kappa shape index (κ1) is 42.8. The van der Waals surface area contributed by atoms with E-state index in [1.165, 1.54) is 6.21 Å². The average molecular weight is 805 g/mol. The van der Waals surface area contributed by atoms with Crippen LogP contribution in [0.5, 0.6) is 0 Å². The van der Waals surface area contributed by atoms with Gasteiger partial charge in [-0.3, -0.25) is 39.5 Å². The van der Waals surface area contributed by atoms with E-state index in [0.717, 1.165) is 70.2 Å². The summed E-state index contributed by atoms with van der Waals surface area (Å²) in [7, 11) is 0. The molecule has 0 aliphatic heterocycles. The number of pyridine rings is 2. The number of hydrogen-bond acceptors (Lipinski definition) is 12. The van der Waals surface area contributed by atoms with Crippen LogP contribution in [-0.2, 0) is 32.2 Å². The summed E-state index contributed by atoms with van der Waals surface area (Å²) in [5.74, 6) is -2.00. The van der Waals surface area contributed by atoms with Gasteiger partial charge in [-0.15, -0.1) is 0 Å². The number of amides is 2. The second-order valence-corrected chi connectivity index (χ2v) is 14.8. The number of aromatic nitrogens is 2. The lowest BCUT2D eigenvalue weighted by atomic mass is 9.94. The molecule has 2 fully saturated rings. The second kappa shape index (κ2) is 19.7. The molecule has 2 saturated carbocycles. The predicted molar refractivity (Wildman–Crippen MR) is 223 cm³/mol. The third-order valence-electron chi connectivity index (χ3n) is 10.6. The van der Waals surface area contributed by atoms with Crippen LogP contribution in [0.2, 0.25) is 0 Å². The number of nitrogens with one attached hydrogen (secondary N) is 3. The first-order valence-corrected chi connectivity index (χ1v) is 20.1. The quantitative estimate of drug-likeness (QED) is 0.0569. The Bertz CT molecular complexity index is 2220. The van der Waals surface area contributed by atoms with Crippen molar-refractivity contribution in [2.45, 2.75) is 84.3 Å². The second-order valence-electron chi connectivity index (χ2n) is 14.8. The minimum atomic E-state index is -0.859. The lowest BCUT2D eigenvalue weighted by molar-refractivity contribution is -0.147. The average Bonchev–Trinajstić information content (AvgIpc) is 4.17. The molecule has 0 spiro atoms. The Morgan fingerprint density at radius 3 is 1.76 bits per heavy atom. The molecule has 2 aromatic heterocycles. The van der Waals surface area contributed by atoms with E-state index in [1.54, 1.807) is 26.2 Å². The van der Waals surface area contributed by atoms with Crippen LogP contribution in [0.15, 0.2) is 65.9 Å². The maximum absolute atomic E-state index is 13.6. The molecule has 0 radical (unpaired) electrons. The molecule has 0 bridgehead atoms. The highest BCUT2D eigenvalue weighted by atomic mass is 16.5. The standard InChI is InChI=1S/C45H52N6O8/c1-5-58-44(56)32(24-52)20-46-19-30-21-47-39(17-35(30)28-13-14-28)42(54)50-37-11-7-9-33(26(37)3)34-10-8-12-38(27(34)4)51-43(55)40-18-36(29-15-16-29)31(22-48-40)23-49-41(25-53)45(57)59-6-2/h7-12,17-18,20-22,28-29,32,41,49,52-53H,5-6,13-16,19,23-25H2,1-4H3,(H,50,54)(H,51,55)/b46-20+/t32?,41-/m0/s1. The Labute approximate surface area is 343 Å². The number of rotatable bonds is 19. The fraction of sp³-hybridized carbons (Fsp3) is 0.400. The van der Waals surface area contributed by atoms with Crippen LogP contribution in [0.1, 0.15) is 106 Å². The zero-order valence-corrected chi connectivity index (χ0v) is 33.9. The molecule has 14 heteroatoms. The van der Waals surface area contributed by atoms with Crippen LogP contribution >= 0.6 is 0 Å². The Morgan fingerprint density at radius 2 is 1.27 bits per heavy atom. The Morgan fingerprint density at radius 1 is 0.763 bits per heavy atom. The highest BCUT2D eigenvalue weighted by Crippen LogP contribution is 2.43. The van der Waals surface area contributed by atoms with Crippen molar-refractivity contribution in [2.24, 2.45) is 10.9 Å². The molecule has 1 unspecified atom stereocenters. The zero-order chi connectivity index (χ0) is 42.1. The Kier molecular flexibility index (Phi) is 14.3. The molecule has 2 aromatic carbocycles. The molecule has 310 valence electrons. The summed E-state index contributed by atoms with van der Waals surface area (Å²) in [6.07, 6.45) is 8.69. The van der Waals surface area contributed by atoms with E-state index in [0.29, 0.717) is 29.8 Å². The minimum Gasteiger partial charge on any atom is -0.465 e. The van der Waals surface area contributed by atoms with Crippen molar-refractivity contribution in [1.29, 1.82) is 0 Å². The largest absolute Gasteiger partial charge is 0.465 e. The van der Waals surface area contributed by atoms with Crippen LogP contribution in [-0.4, -0.2) is 82.6 Å². The van der Waals surface area contributed by atoms with Crippen molar-refractivity contribution in [3.8, 4) is 11.1 Å². The van der Waals surface area contributed by atoms with Crippen molar-refractivity contribution in [3.05, 3.63) is 106 Å². The van der Waals surface area contributed by atoms with E-state index < -0.39 is 37.1 Å². The van der Waals surface area contributed by atoms with Gasteiger partial charge in [0.1, 0.15) is 23.3 Å². The van der Waals surface area contributed by atoms with Gasteiger partial charge in [0, 0.05) is 36.5 Å². The smallest absolute Gasteiger partial charge is 0.325 e. The molecule has 2 aliphatic rings. The number of anilines is 2. The van der Waals surface area contributed by atoms with Gasteiger partial charge < -0.3 is 30.3 Å². The maximum atomic E-state index is 13.6. The van der Waals surface area contributed by atoms with E-state index in [2.05, 4.69) is 30.9 Å². The van der Waals surface area contributed by atoms with Gasteiger partial charge in [-0.25, -0.2) is 0 Å². The Balaban J connectivity index is 1.15. The van der Waals surface area contributed by atoms with Gasteiger partial charge in [0.2, 0.25) is 0 Å². The van der Waals surface area contributed by atoms with E-state index in [-0.39, 0.29) is 43.0 Å². The van der Waals surface area contributed by atoms with Crippen LogP contribution < -0.4 is 16.0 Å². The molecule has 59 heavy (non-hydrogen) atoms. The number of aliphatic imine (C=N–C) groups is 1. The van der Waals surface area contributed by atoms with E-state index in [1.807, 2.05) is 62.4 Å². The van der Waals surface area contributed by atoms with Crippen molar-refractivity contribution in [3.63, 3.8) is 0 Å². The van der Waals surface area contributed by atoms with Gasteiger partial charge >= 0.3 is 11.9 Å². The molecule has 2 amide bonds. The lowest BCUT2D eigenvalue weighted by Gasteiger charge is -2.18. The third-order valence-corrected chi connectivity index (χ3v) is 10.6.